The maximum Gasteiger partial charge on any atom is 0.357 e. The van der Waals surface area contributed by atoms with Crippen LogP contribution in [0.5, 0.6) is 0 Å². The van der Waals surface area contributed by atoms with Gasteiger partial charge in [-0.3, -0.25) is 4.79 Å². The van der Waals surface area contributed by atoms with Crippen molar-refractivity contribution in [3.63, 3.8) is 0 Å². The molecule has 1 N–H and O–H groups in total. The standard InChI is InChI=1S/C21H24N4O3/c1-14(2)21(3,13-22)23-19(26)12-28-20(27)18-11-17(15-9-10-15)24-25(18)16-7-5-4-6-8-16/h4-8,11,14-15H,9-10,12H2,1-3H3,(H,23,26)/t21-/m1/s1. The maximum atomic E-state index is 12.6. The molecule has 0 aliphatic heterocycles. The van der Waals surface area contributed by atoms with Crippen molar-refractivity contribution in [2.75, 3.05) is 6.61 Å². The first kappa shape index (κ1) is 19.6. The van der Waals surface area contributed by atoms with Crippen LogP contribution in [0.4, 0.5) is 0 Å². The summed E-state index contributed by atoms with van der Waals surface area (Å²) in [5, 5.41) is 16.5. The Kier molecular flexibility index (Phi) is 5.50. The number of hydrogen-bond donors (Lipinski definition) is 1. The highest BCUT2D eigenvalue weighted by atomic mass is 16.5. The number of carbonyl (C=O) groups is 2. The van der Waals surface area contributed by atoms with Gasteiger partial charge in [0.25, 0.3) is 5.91 Å². The second-order valence-corrected chi connectivity index (χ2v) is 7.57. The second-order valence-electron chi connectivity index (χ2n) is 7.57. The van der Waals surface area contributed by atoms with Gasteiger partial charge in [-0.2, -0.15) is 10.4 Å². The van der Waals surface area contributed by atoms with E-state index in [-0.39, 0.29) is 11.6 Å². The van der Waals surface area contributed by atoms with Crippen LogP contribution >= 0.6 is 0 Å². The first-order valence-electron chi connectivity index (χ1n) is 9.39. The number of aromatic nitrogens is 2. The lowest BCUT2D eigenvalue weighted by Gasteiger charge is -2.27. The molecule has 1 aromatic heterocycles. The predicted molar refractivity (Wildman–Crippen MR) is 103 cm³/mol. The van der Waals surface area contributed by atoms with Gasteiger partial charge in [0.1, 0.15) is 5.54 Å². The van der Waals surface area contributed by atoms with Crippen LogP contribution in [0.2, 0.25) is 0 Å². The molecule has 7 nitrogen and oxygen atoms in total. The molecule has 0 bridgehead atoms. The first-order valence-corrected chi connectivity index (χ1v) is 9.39. The van der Waals surface area contributed by atoms with E-state index in [0.717, 1.165) is 24.2 Å². The number of para-hydroxylation sites is 1. The lowest BCUT2D eigenvalue weighted by molar-refractivity contribution is -0.125. The number of rotatable bonds is 7. The minimum Gasteiger partial charge on any atom is -0.451 e. The molecule has 1 saturated carbocycles. The number of amides is 1. The molecule has 1 aromatic carbocycles. The van der Waals surface area contributed by atoms with E-state index in [1.54, 1.807) is 17.7 Å². The van der Waals surface area contributed by atoms with Crippen molar-refractivity contribution in [3.05, 3.63) is 47.8 Å². The molecule has 1 amide bonds. The summed E-state index contributed by atoms with van der Waals surface area (Å²) in [7, 11) is 0. The topological polar surface area (TPSA) is 97.0 Å². The summed E-state index contributed by atoms with van der Waals surface area (Å²) >= 11 is 0. The third-order valence-corrected chi connectivity index (χ3v) is 5.05. The maximum absolute atomic E-state index is 12.6. The van der Waals surface area contributed by atoms with Crippen molar-refractivity contribution in [1.82, 2.24) is 15.1 Å². The van der Waals surface area contributed by atoms with E-state index in [0.29, 0.717) is 5.92 Å². The lowest BCUT2D eigenvalue weighted by atomic mass is 9.90. The second kappa shape index (κ2) is 7.85. The zero-order chi connectivity index (χ0) is 20.3. The van der Waals surface area contributed by atoms with E-state index in [9.17, 15) is 14.9 Å². The monoisotopic (exact) mass is 380 g/mol. The van der Waals surface area contributed by atoms with Crippen molar-refractivity contribution < 1.29 is 14.3 Å². The molecule has 0 spiro atoms. The number of hydrogen-bond acceptors (Lipinski definition) is 5. The summed E-state index contributed by atoms with van der Waals surface area (Å²) in [4.78, 5) is 24.8. The molecule has 3 rings (SSSR count). The van der Waals surface area contributed by atoms with E-state index in [4.69, 9.17) is 4.74 Å². The van der Waals surface area contributed by atoms with Crippen LogP contribution in [0.15, 0.2) is 36.4 Å². The van der Waals surface area contributed by atoms with Gasteiger partial charge < -0.3 is 10.1 Å². The third kappa shape index (κ3) is 4.22. The quantitative estimate of drug-likeness (QED) is 0.745. The van der Waals surface area contributed by atoms with Crippen molar-refractivity contribution in [2.24, 2.45) is 5.92 Å². The minimum atomic E-state index is -1.02. The van der Waals surface area contributed by atoms with Gasteiger partial charge >= 0.3 is 5.97 Å². The highest BCUT2D eigenvalue weighted by molar-refractivity contribution is 5.90. The Morgan fingerprint density at radius 2 is 2.04 bits per heavy atom. The van der Waals surface area contributed by atoms with Gasteiger partial charge in [-0.05, 0) is 43.9 Å². The Bertz CT molecular complexity index is 909. The number of nitrogens with zero attached hydrogens (tertiary/aromatic N) is 3. The smallest absolute Gasteiger partial charge is 0.357 e. The van der Waals surface area contributed by atoms with Crippen LogP contribution in [0.3, 0.4) is 0 Å². The molecule has 1 aliphatic rings. The molecule has 1 atom stereocenters. The number of benzene rings is 1. The molecule has 0 radical (unpaired) electrons. The number of ether oxygens (including phenoxy) is 1. The van der Waals surface area contributed by atoms with Crippen molar-refractivity contribution >= 4 is 11.9 Å². The summed E-state index contributed by atoms with van der Waals surface area (Å²) in [5.41, 5.74) is 0.877. The van der Waals surface area contributed by atoms with Gasteiger partial charge in [0.15, 0.2) is 12.3 Å². The molecule has 1 fully saturated rings. The average molecular weight is 380 g/mol. The van der Waals surface area contributed by atoms with Gasteiger partial charge in [-0.1, -0.05) is 32.0 Å². The van der Waals surface area contributed by atoms with Gasteiger partial charge in [0, 0.05) is 5.92 Å². The predicted octanol–water partition coefficient (Wildman–Crippen LogP) is 2.96. The average Bonchev–Trinajstić information content (AvgIpc) is 3.45. The van der Waals surface area contributed by atoms with Gasteiger partial charge in [0.05, 0.1) is 17.5 Å². The molecular weight excluding hydrogens is 356 g/mol. The zero-order valence-electron chi connectivity index (χ0n) is 16.3. The number of carbonyl (C=O) groups excluding carboxylic acids is 2. The summed E-state index contributed by atoms with van der Waals surface area (Å²) in [6.07, 6.45) is 2.12. The van der Waals surface area contributed by atoms with E-state index in [1.165, 1.54) is 0 Å². The van der Waals surface area contributed by atoms with Crippen LogP contribution in [0.1, 0.15) is 55.7 Å². The van der Waals surface area contributed by atoms with E-state index >= 15 is 0 Å². The number of nitrogens with one attached hydrogen (secondary N) is 1. The largest absolute Gasteiger partial charge is 0.451 e. The summed E-state index contributed by atoms with van der Waals surface area (Å²) in [6, 6.07) is 13.2. The molecule has 1 heterocycles. The molecule has 146 valence electrons. The Hall–Kier alpha value is -3.14. The number of nitriles is 1. The fourth-order valence-electron chi connectivity index (χ4n) is 2.72. The molecule has 1 aliphatic carbocycles. The minimum absolute atomic E-state index is 0.0854. The Labute approximate surface area is 164 Å². The Morgan fingerprint density at radius 3 is 2.61 bits per heavy atom. The molecule has 0 saturated heterocycles. The lowest BCUT2D eigenvalue weighted by Crippen LogP contribution is -2.50. The van der Waals surface area contributed by atoms with E-state index in [2.05, 4.69) is 16.5 Å². The fourth-order valence-corrected chi connectivity index (χ4v) is 2.72. The normalized spacial score (nSPS) is 15.5. The van der Waals surface area contributed by atoms with E-state index in [1.807, 2.05) is 44.2 Å². The molecule has 7 heteroatoms. The van der Waals surface area contributed by atoms with Crippen molar-refractivity contribution in [1.29, 1.82) is 5.26 Å². The molecular formula is C21H24N4O3. The summed E-state index contributed by atoms with van der Waals surface area (Å²) in [5.74, 6) is -0.846. The molecule has 28 heavy (non-hydrogen) atoms. The zero-order valence-corrected chi connectivity index (χ0v) is 16.3. The fraction of sp³-hybridized carbons (Fsp3) is 0.429. The van der Waals surface area contributed by atoms with Crippen LogP contribution in [-0.4, -0.2) is 33.8 Å². The van der Waals surface area contributed by atoms with Gasteiger partial charge in [0.2, 0.25) is 0 Å². The number of esters is 1. The molecule has 0 unspecified atom stereocenters. The van der Waals surface area contributed by atoms with Crippen molar-refractivity contribution in [3.8, 4) is 11.8 Å². The highest BCUT2D eigenvalue weighted by Gasteiger charge is 2.31. The van der Waals surface area contributed by atoms with Gasteiger partial charge in [-0.15, -0.1) is 0 Å². The van der Waals surface area contributed by atoms with E-state index < -0.39 is 24.0 Å². The van der Waals surface area contributed by atoms with Crippen LogP contribution in [0.25, 0.3) is 5.69 Å². The van der Waals surface area contributed by atoms with Crippen LogP contribution < -0.4 is 5.32 Å². The van der Waals surface area contributed by atoms with Crippen molar-refractivity contribution in [2.45, 2.75) is 45.1 Å². The SMILES string of the molecule is CC(C)[C@@](C)(C#N)NC(=O)COC(=O)c1cc(C2CC2)nn1-c1ccccc1. The third-order valence-electron chi connectivity index (χ3n) is 5.05. The Balaban J connectivity index is 1.72. The summed E-state index contributed by atoms with van der Waals surface area (Å²) in [6.45, 7) is 4.87. The Morgan fingerprint density at radius 1 is 1.36 bits per heavy atom. The summed E-state index contributed by atoms with van der Waals surface area (Å²) < 4.78 is 6.77. The highest BCUT2D eigenvalue weighted by Crippen LogP contribution is 2.39. The van der Waals surface area contributed by atoms with Crippen LogP contribution in [0, 0.1) is 17.2 Å². The van der Waals surface area contributed by atoms with Gasteiger partial charge in [-0.25, -0.2) is 9.48 Å². The van der Waals surface area contributed by atoms with Crippen LogP contribution in [-0.2, 0) is 9.53 Å². The molecule has 2 aromatic rings. The first-order chi connectivity index (χ1) is 13.3.